The first-order valence-corrected chi connectivity index (χ1v) is 18.5. The molecule has 3 aromatic carbocycles. The monoisotopic (exact) mass is 799 g/mol. The SMILES string of the molecule is C[C@](CO)(CCc1cc(Br)c(OCc2cccc(-c3cccc(-c4ccc5c(c4)CCCC5)c3Cl)c2Cl)nc1OCc1cncc(C#N)c1)C(=O)O. The maximum absolute atomic E-state index is 11.9. The number of aryl methyl sites for hydroxylation is 3. The summed E-state index contributed by atoms with van der Waals surface area (Å²) >= 11 is 17.7. The van der Waals surface area contributed by atoms with Gasteiger partial charge >= 0.3 is 5.97 Å². The fourth-order valence-corrected chi connectivity index (χ4v) is 7.35. The molecular formula is C41H36BrCl2N3O5. The van der Waals surface area contributed by atoms with E-state index in [0.29, 0.717) is 36.8 Å². The Morgan fingerprint density at radius 1 is 0.904 bits per heavy atom. The highest BCUT2D eigenvalue weighted by molar-refractivity contribution is 9.10. The molecule has 8 nitrogen and oxygen atoms in total. The predicted octanol–water partition coefficient (Wildman–Crippen LogP) is 9.80. The minimum atomic E-state index is -1.35. The highest BCUT2D eigenvalue weighted by atomic mass is 79.9. The van der Waals surface area contributed by atoms with Crippen molar-refractivity contribution >= 4 is 45.1 Å². The summed E-state index contributed by atoms with van der Waals surface area (Å²) in [5.74, 6) is -0.647. The van der Waals surface area contributed by atoms with Crippen molar-refractivity contribution < 1.29 is 24.5 Å². The van der Waals surface area contributed by atoms with Gasteiger partial charge in [0.15, 0.2) is 0 Å². The molecule has 1 aliphatic carbocycles. The van der Waals surface area contributed by atoms with Gasteiger partial charge in [-0.25, -0.2) is 0 Å². The summed E-state index contributed by atoms with van der Waals surface area (Å²) in [6.07, 6.45) is 8.06. The van der Waals surface area contributed by atoms with Crippen LogP contribution in [0.1, 0.15) is 59.6 Å². The number of nitrogens with zero attached hydrogens (tertiary/aromatic N) is 3. The Morgan fingerprint density at radius 3 is 2.37 bits per heavy atom. The van der Waals surface area contributed by atoms with Gasteiger partial charge in [0.1, 0.15) is 19.3 Å². The van der Waals surface area contributed by atoms with Crippen LogP contribution in [0.3, 0.4) is 0 Å². The van der Waals surface area contributed by atoms with E-state index in [1.807, 2.05) is 36.4 Å². The van der Waals surface area contributed by atoms with Gasteiger partial charge in [0.2, 0.25) is 11.8 Å². The van der Waals surface area contributed by atoms with E-state index >= 15 is 0 Å². The zero-order valence-corrected chi connectivity index (χ0v) is 31.6. The molecule has 6 rings (SSSR count). The molecule has 0 fully saturated rings. The number of rotatable bonds is 13. The molecule has 2 aromatic heterocycles. The quantitative estimate of drug-likeness (QED) is 0.121. The van der Waals surface area contributed by atoms with E-state index in [1.54, 1.807) is 18.3 Å². The fourth-order valence-electron chi connectivity index (χ4n) is 6.25. The first kappa shape index (κ1) is 37.3. The molecule has 0 saturated heterocycles. The summed E-state index contributed by atoms with van der Waals surface area (Å²) in [7, 11) is 0. The van der Waals surface area contributed by atoms with Crippen molar-refractivity contribution in [1.29, 1.82) is 5.26 Å². The van der Waals surface area contributed by atoms with E-state index in [-0.39, 0.29) is 37.8 Å². The molecule has 266 valence electrons. The molecule has 0 bridgehead atoms. The molecular weight excluding hydrogens is 765 g/mol. The van der Waals surface area contributed by atoms with Crippen LogP contribution in [0.5, 0.6) is 11.8 Å². The van der Waals surface area contributed by atoms with Crippen molar-refractivity contribution in [2.24, 2.45) is 5.41 Å². The number of fused-ring (bicyclic) bond motifs is 1. The lowest BCUT2D eigenvalue weighted by Crippen LogP contribution is -2.32. The first-order valence-electron chi connectivity index (χ1n) is 16.9. The minimum absolute atomic E-state index is 0.0545. The molecule has 0 saturated carbocycles. The average Bonchev–Trinajstić information content (AvgIpc) is 3.16. The number of halogens is 3. The second-order valence-corrected chi connectivity index (χ2v) is 14.8. The maximum Gasteiger partial charge on any atom is 0.311 e. The van der Waals surface area contributed by atoms with Gasteiger partial charge in [-0.15, -0.1) is 0 Å². The summed E-state index contributed by atoms with van der Waals surface area (Å²) in [5, 5.41) is 29.9. The van der Waals surface area contributed by atoms with Crippen molar-refractivity contribution in [2.45, 2.75) is 58.7 Å². The lowest BCUT2D eigenvalue weighted by Gasteiger charge is -2.22. The summed E-state index contributed by atoms with van der Waals surface area (Å²) < 4.78 is 12.8. The second-order valence-electron chi connectivity index (χ2n) is 13.2. The molecule has 0 spiro atoms. The van der Waals surface area contributed by atoms with Gasteiger partial charge in [-0.05, 0) is 90.2 Å². The van der Waals surface area contributed by atoms with E-state index in [1.165, 1.54) is 37.1 Å². The van der Waals surface area contributed by atoms with Crippen LogP contribution < -0.4 is 9.47 Å². The number of pyridine rings is 2. The smallest absolute Gasteiger partial charge is 0.311 e. The third-order valence-electron chi connectivity index (χ3n) is 9.49. The van der Waals surface area contributed by atoms with Crippen LogP contribution in [-0.2, 0) is 37.3 Å². The molecule has 1 atom stereocenters. The third-order valence-corrected chi connectivity index (χ3v) is 10.9. The number of aliphatic hydroxyl groups is 1. The van der Waals surface area contributed by atoms with E-state index in [2.05, 4.69) is 50.2 Å². The number of aliphatic hydroxyl groups excluding tert-OH is 1. The van der Waals surface area contributed by atoms with Gasteiger partial charge in [-0.2, -0.15) is 10.2 Å². The highest BCUT2D eigenvalue weighted by Crippen LogP contribution is 2.41. The predicted molar refractivity (Wildman–Crippen MR) is 205 cm³/mol. The standard InChI is InChI=1S/C41H36BrCl2N3O5/c1-41(24-48,40(49)50)15-14-30-18-35(42)39(47-38(30)51-22-26-16-25(19-45)20-46-21-26)52-23-31-8-4-10-33(36(31)43)34-11-5-9-32(37(34)44)29-13-12-27-6-2-3-7-28(27)17-29/h4-5,8-13,16-18,20-21,48H,2-3,6-7,14-15,22-24H2,1H3,(H,49,50)/t41-/m1/s1. The second kappa shape index (κ2) is 16.5. The van der Waals surface area contributed by atoms with E-state index in [4.69, 9.17) is 32.7 Å². The number of ether oxygens (including phenoxy) is 2. The van der Waals surface area contributed by atoms with E-state index in [9.17, 15) is 20.3 Å². The number of aromatic nitrogens is 2. The number of hydrogen-bond acceptors (Lipinski definition) is 7. The lowest BCUT2D eigenvalue weighted by atomic mass is 9.85. The van der Waals surface area contributed by atoms with E-state index in [0.717, 1.165) is 35.1 Å². The number of benzene rings is 3. The lowest BCUT2D eigenvalue weighted by molar-refractivity contribution is -0.150. The Labute approximate surface area is 321 Å². The van der Waals surface area contributed by atoms with Gasteiger partial charge in [-0.1, -0.05) is 77.8 Å². The van der Waals surface area contributed by atoms with Crippen molar-refractivity contribution in [1.82, 2.24) is 9.97 Å². The summed E-state index contributed by atoms with van der Waals surface area (Å²) in [6.45, 7) is 1.10. The van der Waals surface area contributed by atoms with E-state index < -0.39 is 18.0 Å². The number of carboxylic acid groups (broad SMARTS) is 1. The minimum Gasteiger partial charge on any atom is -0.481 e. The topological polar surface area (TPSA) is 126 Å². The van der Waals surface area contributed by atoms with Gasteiger partial charge in [0.25, 0.3) is 0 Å². The van der Waals surface area contributed by atoms with Gasteiger partial charge < -0.3 is 19.7 Å². The van der Waals surface area contributed by atoms with Crippen LogP contribution in [0.25, 0.3) is 22.3 Å². The maximum atomic E-state index is 11.9. The van der Waals surface area contributed by atoms with Crippen molar-refractivity contribution in [3.8, 4) is 40.1 Å². The number of hydrogen-bond donors (Lipinski definition) is 2. The Balaban J connectivity index is 1.26. The number of carboxylic acids is 1. The Bertz CT molecular complexity index is 2170. The zero-order chi connectivity index (χ0) is 36.8. The Morgan fingerprint density at radius 2 is 1.62 bits per heavy atom. The number of aliphatic carboxylic acids is 1. The summed E-state index contributed by atoms with van der Waals surface area (Å²) in [5.41, 5.74) is 7.44. The summed E-state index contributed by atoms with van der Waals surface area (Å²) in [6, 6.07) is 23.8. The van der Waals surface area contributed by atoms with Crippen molar-refractivity contribution in [2.75, 3.05) is 6.61 Å². The molecule has 1 aliphatic rings. The van der Waals surface area contributed by atoms with Crippen LogP contribution >= 0.6 is 39.1 Å². The van der Waals surface area contributed by atoms with Crippen LogP contribution in [0.15, 0.2) is 83.6 Å². The largest absolute Gasteiger partial charge is 0.481 e. The van der Waals surface area contributed by atoms with Gasteiger partial charge in [0.05, 0.1) is 32.1 Å². The van der Waals surface area contributed by atoms with Crippen molar-refractivity contribution in [3.63, 3.8) is 0 Å². The molecule has 2 heterocycles. The molecule has 0 radical (unpaired) electrons. The number of carbonyl (C=O) groups is 1. The van der Waals surface area contributed by atoms with Gasteiger partial charge in [0, 0.05) is 45.8 Å². The van der Waals surface area contributed by atoms with Gasteiger partial charge in [-0.3, -0.25) is 9.78 Å². The molecule has 5 aromatic rings. The Kier molecular flexibility index (Phi) is 11.8. The number of nitriles is 1. The first-order chi connectivity index (χ1) is 25.1. The molecule has 11 heteroatoms. The van der Waals surface area contributed by atoms with Crippen LogP contribution in [0, 0.1) is 16.7 Å². The molecule has 2 N–H and O–H groups in total. The van der Waals surface area contributed by atoms with Crippen molar-refractivity contribution in [3.05, 3.63) is 127 Å². The van der Waals surface area contributed by atoms with Crippen LogP contribution in [-0.4, -0.2) is 32.8 Å². The fraction of sp³-hybridized carbons (Fsp3) is 0.268. The third kappa shape index (κ3) is 8.27. The zero-order valence-electron chi connectivity index (χ0n) is 28.5. The molecule has 52 heavy (non-hydrogen) atoms. The van der Waals surface area contributed by atoms with Crippen LogP contribution in [0.4, 0.5) is 0 Å². The average molecular weight is 802 g/mol. The molecule has 0 amide bonds. The normalized spacial score (nSPS) is 13.5. The Hall–Kier alpha value is -4.46. The molecule has 0 aliphatic heterocycles. The summed E-state index contributed by atoms with van der Waals surface area (Å²) in [4.78, 5) is 20.6. The van der Waals surface area contributed by atoms with Crippen LogP contribution in [0.2, 0.25) is 10.0 Å². The molecule has 0 unspecified atom stereocenters. The highest BCUT2D eigenvalue weighted by Gasteiger charge is 2.32.